The minimum Gasteiger partial charge on any atom is -0.481 e. The van der Waals surface area contributed by atoms with Crippen LogP contribution in [0.15, 0.2) is 4.34 Å². The zero-order valence-corrected chi connectivity index (χ0v) is 12.9. The zero-order valence-electron chi connectivity index (χ0n) is 11.2. The van der Waals surface area contributed by atoms with E-state index in [4.69, 9.17) is 5.11 Å². The molecule has 19 heavy (non-hydrogen) atoms. The maximum absolute atomic E-state index is 11.4. The third kappa shape index (κ3) is 6.07. The highest BCUT2D eigenvalue weighted by Gasteiger charge is 2.12. The van der Waals surface area contributed by atoms with Gasteiger partial charge in [0.1, 0.15) is 4.34 Å². The van der Waals surface area contributed by atoms with Gasteiger partial charge in [-0.25, -0.2) is 4.98 Å². The zero-order chi connectivity index (χ0) is 14.4. The maximum Gasteiger partial charge on any atom is 0.308 e. The third-order valence-electron chi connectivity index (χ3n) is 2.19. The van der Waals surface area contributed by atoms with Gasteiger partial charge >= 0.3 is 5.97 Å². The van der Waals surface area contributed by atoms with Crippen LogP contribution in [-0.2, 0) is 16.0 Å². The number of aliphatic carboxylic acids is 1. The van der Waals surface area contributed by atoms with Gasteiger partial charge in [-0.2, -0.15) is 0 Å². The Hall–Kier alpha value is -1.08. The lowest BCUT2D eigenvalue weighted by Crippen LogP contribution is -2.30. The summed E-state index contributed by atoms with van der Waals surface area (Å²) in [4.78, 5) is 27.2. The van der Waals surface area contributed by atoms with E-state index in [0.717, 1.165) is 14.9 Å². The molecule has 0 aliphatic heterocycles. The summed E-state index contributed by atoms with van der Waals surface area (Å²) >= 11 is 2.88. The first-order chi connectivity index (χ1) is 8.88. The molecular formula is C12H18N2O3S2. The Bertz CT molecular complexity index is 458. The van der Waals surface area contributed by atoms with Crippen molar-refractivity contribution >= 4 is 35.0 Å². The number of carboxylic acid groups (broad SMARTS) is 1. The first-order valence-electron chi connectivity index (χ1n) is 5.98. The lowest BCUT2D eigenvalue weighted by atomic mass is 10.3. The predicted molar refractivity (Wildman–Crippen MR) is 76.8 cm³/mol. The van der Waals surface area contributed by atoms with Gasteiger partial charge in [0.15, 0.2) is 0 Å². The summed E-state index contributed by atoms with van der Waals surface area (Å²) < 4.78 is 0.825. The van der Waals surface area contributed by atoms with Crippen LogP contribution < -0.4 is 5.32 Å². The molecule has 0 spiro atoms. The minimum atomic E-state index is -0.848. The Kier molecular flexibility index (Phi) is 6.30. The molecule has 7 heteroatoms. The van der Waals surface area contributed by atoms with Gasteiger partial charge in [0.05, 0.1) is 12.1 Å². The molecule has 5 nitrogen and oxygen atoms in total. The van der Waals surface area contributed by atoms with E-state index in [1.807, 2.05) is 20.8 Å². The summed E-state index contributed by atoms with van der Waals surface area (Å²) in [5, 5.41) is 11.6. The fourth-order valence-corrected chi connectivity index (χ4v) is 3.62. The SMILES string of the molecule is Cc1nc(SCCC(=O)NC(C)C)sc1CC(=O)O. The van der Waals surface area contributed by atoms with Crippen LogP contribution in [-0.4, -0.2) is 33.8 Å². The van der Waals surface area contributed by atoms with Gasteiger partial charge in [-0.1, -0.05) is 11.8 Å². The summed E-state index contributed by atoms with van der Waals surface area (Å²) in [6, 6.07) is 0.154. The molecule has 1 rings (SSSR count). The van der Waals surface area contributed by atoms with Crippen LogP contribution in [0.3, 0.4) is 0 Å². The van der Waals surface area contributed by atoms with Crippen LogP contribution in [0.1, 0.15) is 30.8 Å². The number of carbonyl (C=O) groups excluding carboxylic acids is 1. The van der Waals surface area contributed by atoms with E-state index in [1.54, 1.807) is 0 Å². The first kappa shape index (κ1) is 16.0. The van der Waals surface area contributed by atoms with Gasteiger partial charge in [0, 0.05) is 23.1 Å². The van der Waals surface area contributed by atoms with E-state index in [1.165, 1.54) is 23.1 Å². The number of carboxylic acids is 1. The number of hydrogen-bond donors (Lipinski definition) is 2. The molecule has 0 aliphatic rings. The van der Waals surface area contributed by atoms with Crippen molar-refractivity contribution in [3.8, 4) is 0 Å². The van der Waals surface area contributed by atoms with Crippen molar-refractivity contribution in [3.63, 3.8) is 0 Å². The number of nitrogens with zero attached hydrogens (tertiary/aromatic N) is 1. The monoisotopic (exact) mass is 302 g/mol. The largest absolute Gasteiger partial charge is 0.481 e. The molecule has 2 N–H and O–H groups in total. The van der Waals surface area contributed by atoms with Gasteiger partial charge in [0.25, 0.3) is 0 Å². The molecule has 0 unspecified atom stereocenters. The summed E-state index contributed by atoms with van der Waals surface area (Å²) in [6.07, 6.45) is 0.452. The number of thiazole rings is 1. The fourth-order valence-electron chi connectivity index (χ4n) is 1.39. The molecule has 0 aliphatic carbocycles. The minimum absolute atomic E-state index is 0.0118. The first-order valence-corrected chi connectivity index (χ1v) is 7.79. The van der Waals surface area contributed by atoms with E-state index in [2.05, 4.69) is 10.3 Å². The van der Waals surface area contributed by atoms with Gasteiger partial charge < -0.3 is 10.4 Å². The smallest absolute Gasteiger partial charge is 0.308 e. The standard InChI is InChI=1S/C12H18N2O3S2/c1-7(2)13-10(15)4-5-18-12-14-8(3)9(19-12)6-11(16)17/h7H,4-6H2,1-3H3,(H,13,15)(H,16,17). The number of aryl methyl sites for hydroxylation is 1. The van der Waals surface area contributed by atoms with Crippen molar-refractivity contribution in [2.24, 2.45) is 0 Å². The van der Waals surface area contributed by atoms with Crippen LogP contribution in [0.25, 0.3) is 0 Å². The van der Waals surface area contributed by atoms with Crippen LogP contribution in [0.2, 0.25) is 0 Å². The van der Waals surface area contributed by atoms with E-state index >= 15 is 0 Å². The van der Waals surface area contributed by atoms with Crippen molar-refractivity contribution in [2.45, 2.75) is 44.0 Å². The van der Waals surface area contributed by atoms with Crippen molar-refractivity contribution in [1.82, 2.24) is 10.3 Å². The fraction of sp³-hybridized carbons (Fsp3) is 0.583. The second-order valence-corrected chi connectivity index (χ2v) is 6.81. The lowest BCUT2D eigenvalue weighted by Gasteiger charge is -2.06. The highest BCUT2D eigenvalue weighted by Crippen LogP contribution is 2.27. The van der Waals surface area contributed by atoms with Crippen LogP contribution in [0, 0.1) is 6.92 Å². The average molecular weight is 302 g/mol. The van der Waals surface area contributed by atoms with E-state index in [-0.39, 0.29) is 18.4 Å². The van der Waals surface area contributed by atoms with Crippen molar-refractivity contribution in [1.29, 1.82) is 0 Å². The topological polar surface area (TPSA) is 79.3 Å². The molecule has 1 heterocycles. The van der Waals surface area contributed by atoms with Crippen LogP contribution in [0.5, 0.6) is 0 Å². The van der Waals surface area contributed by atoms with Crippen molar-refractivity contribution in [2.75, 3.05) is 5.75 Å². The third-order valence-corrected chi connectivity index (χ3v) is 4.49. The highest BCUT2D eigenvalue weighted by atomic mass is 32.2. The van der Waals surface area contributed by atoms with Crippen molar-refractivity contribution in [3.05, 3.63) is 10.6 Å². The van der Waals surface area contributed by atoms with Gasteiger partial charge in [-0.05, 0) is 20.8 Å². The number of rotatable bonds is 7. The second kappa shape index (κ2) is 7.49. The quantitative estimate of drug-likeness (QED) is 0.754. The molecule has 0 fully saturated rings. The molecule has 1 aromatic heterocycles. The molecule has 0 saturated carbocycles. The van der Waals surface area contributed by atoms with Crippen molar-refractivity contribution < 1.29 is 14.7 Å². The molecule has 0 aromatic carbocycles. The highest BCUT2D eigenvalue weighted by molar-refractivity contribution is 8.01. The van der Waals surface area contributed by atoms with Gasteiger partial charge in [0.2, 0.25) is 5.91 Å². The number of carbonyl (C=O) groups is 2. The Morgan fingerprint density at radius 1 is 1.47 bits per heavy atom. The Morgan fingerprint density at radius 3 is 2.74 bits per heavy atom. The number of aromatic nitrogens is 1. The number of thioether (sulfide) groups is 1. The number of amides is 1. The molecule has 1 amide bonds. The van der Waals surface area contributed by atoms with Crippen LogP contribution >= 0.6 is 23.1 Å². The summed E-state index contributed by atoms with van der Waals surface area (Å²) in [5.41, 5.74) is 0.765. The lowest BCUT2D eigenvalue weighted by molar-refractivity contribution is -0.136. The average Bonchev–Trinajstić information content (AvgIpc) is 2.57. The number of nitrogens with one attached hydrogen (secondary N) is 1. The Morgan fingerprint density at radius 2 is 2.16 bits per heavy atom. The van der Waals surface area contributed by atoms with Crippen LogP contribution in [0.4, 0.5) is 0 Å². The summed E-state index contributed by atoms with van der Waals surface area (Å²) in [6.45, 7) is 5.66. The summed E-state index contributed by atoms with van der Waals surface area (Å²) in [5.74, 6) is -0.168. The van der Waals surface area contributed by atoms with E-state index < -0.39 is 5.97 Å². The Balaban J connectivity index is 2.41. The molecular weight excluding hydrogens is 284 g/mol. The summed E-state index contributed by atoms with van der Waals surface area (Å²) in [7, 11) is 0. The van der Waals surface area contributed by atoms with E-state index in [9.17, 15) is 9.59 Å². The normalized spacial score (nSPS) is 10.7. The molecule has 0 radical (unpaired) electrons. The maximum atomic E-state index is 11.4. The molecule has 0 atom stereocenters. The predicted octanol–water partition coefficient (Wildman–Crippen LogP) is 2.09. The van der Waals surface area contributed by atoms with Gasteiger partial charge in [-0.15, -0.1) is 11.3 Å². The molecule has 0 saturated heterocycles. The molecule has 1 aromatic rings. The van der Waals surface area contributed by atoms with E-state index in [0.29, 0.717) is 12.2 Å². The molecule has 0 bridgehead atoms. The Labute approximate surface area is 120 Å². The van der Waals surface area contributed by atoms with Gasteiger partial charge in [-0.3, -0.25) is 9.59 Å². The second-order valence-electron chi connectivity index (χ2n) is 4.38. The molecule has 106 valence electrons. The number of hydrogen-bond acceptors (Lipinski definition) is 5.